The lowest BCUT2D eigenvalue weighted by atomic mass is 9.96. The summed E-state index contributed by atoms with van der Waals surface area (Å²) >= 11 is 0. The zero-order valence-corrected chi connectivity index (χ0v) is 11.0. The van der Waals surface area contributed by atoms with Gasteiger partial charge in [-0.25, -0.2) is 0 Å². The van der Waals surface area contributed by atoms with E-state index in [9.17, 15) is 18.0 Å². The number of pyridine rings is 1. The summed E-state index contributed by atoms with van der Waals surface area (Å²) in [5, 5.41) is 0. The average Bonchev–Trinajstić information content (AvgIpc) is 2.37. The van der Waals surface area contributed by atoms with E-state index in [2.05, 4.69) is 4.98 Å². The van der Waals surface area contributed by atoms with Crippen molar-refractivity contribution in [3.63, 3.8) is 0 Å². The number of hydrogen-bond donors (Lipinski definition) is 0. The molecule has 0 saturated heterocycles. The Morgan fingerprint density at radius 1 is 1.10 bits per heavy atom. The number of benzene rings is 1. The maximum absolute atomic E-state index is 12.6. The number of aromatic nitrogens is 1. The fraction of sp³-hybridized carbons (Fsp3) is 0.200. The summed E-state index contributed by atoms with van der Waals surface area (Å²) < 4.78 is 37.8. The van der Waals surface area contributed by atoms with Gasteiger partial charge in [-0.2, -0.15) is 13.2 Å². The number of aryl methyl sites for hydroxylation is 2. The van der Waals surface area contributed by atoms with Gasteiger partial charge in [-0.1, -0.05) is 6.07 Å². The van der Waals surface area contributed by atoms with Crippen molar-refractivity contribution in [1.29, 1.82) is 0 Å². The minimum atomic E-state index is -4.41. The van der Waals surface area contributed by atoms with Crippen LogP contribution in [0.2, 0.25) is 0 Å². The second kappa shape index (κ2) is 5.07. The van der Waals surface area contributed by atoms with E-state index in [-0.39, 0.29) is 11.3 Å². The third kappa shape index (κ3) is 2.71. The molecule has 0 fully saturated rings. The third-order valence-corrected chi connectivity index (χ3v) is 3.05. The predicted molar refractivity (Wildman–Crippen MR) is 68.6 cm³/mol. The van der Waals surface area contributed by atoms with Gasteiger partial charge in [0.15, 0.2) is 5.78 Å². The van der Waals surface area contributed by atoms with E-state index in [0.717, 1.165) is 12.1 Å². The molecular formula is C15H12F3NO. The van der Waals surface area contributed by atoms with Crippen LogP contribution in [0.4, 0.5) is 13.2 Å². The van der Waals surface area contributed by atoms with Gasteiger partial charge < -0.3 is 0 Å². The molecule has 0 aliphatic carbocycles. The summed E-state index contributed by atoms with van der Waals surface area (Å²) in [6, 6.07) is 6.36. The fourth-order valence-electron chi connectivity index (χ4n) is 1.96. The minimum absolute atomic E-state index is 0.258. The number of carbonyl (C=O) groups is 1. The first-order valence-electron chi connectivity index (χ1n) is 5.95. The Kier molecular flexibility index (Phi) is 3.61. The van der Waals surface area contributed by atoms with Gasteiger partial charge in [-0.15, -0.1) is 0 Å². The first kappa shape index (κ1) is 14.2. The SMILES string of the molecule is Cc1cc(C(F)(F)F)ccc1C(=O)c1cccnc1C. The maximum Gasteiger partial charge on any atom is 0.416 e. The van der Waals surface area contributed by atoms with Gasteiger partial charge in [0.1, 0.15) is 0 Å². The second-order valence-corrected chi connectivity index (χ2v) is 4.49. The van der Waals surface area contributed by atoms with E-state index in [4.69, 9.17) is 0 Å². The van der Waals surface area contributed by atoms with Gasteiger partial charge in [0.25, 0.3) is 0 Å². The number of halogens is 3. The van der Waals surface area contributed by atoms with Crippen molar-refractivity contribution in [1.82, 2.24) is 4.98 Å². The van der Waals surface area contributed by atoms with E-state index < -0.39 is 11.7 Å². The number of ketones is 1. The first-order chi connectivity index (χ1) is 9.30. The largest absolute Gasteiger partial charge is 0.416 e. The highest BCUT2D eigenvalue weighted by Gasteiger charge is 2.31. The third-order valence-electron chi connectivity index (χ3n) is 3.05. The van der Waals surface area contributed by atoms with Gasteiger partial charge in [-0.05, 0) is 43.7 Å². The molecule has 0 atom stereocenters. The zero-order chi connectivity index (χ0) is 14.9. The van der Waals surface area contributed by atoms with Crippen molar-refractivity contribution in [2.75, 3.05) is 0 Å². The number of rotatable bonds is 2. The Bertz CT molecular complexity index is 662. The van der Waals surface area contributed by atoms with Crippen LogP contribution in [-0.4, -0.2) is 10.8 Å². The molecule has 5 heteroatoms. The molecule has 0 aliphatic rings. The topological polar surface area (TPSA) is 30.0 Å². The molecule has 20 heavy (non-hydrogen) atoms. The van der Waals surface area contributed by atoms with Crippen LogP contribution in [0.15, 0.2) is 36.5 Å². The van der Waals surface area contributed by atoms with Gasteiger partial charge in [0, 0.05) is 23.0 Å². The molecule has 1 aromatic heterocycles. The molecule has 2 aromatic rings. The molecule has 0 unspecified atom stereocenters. The molecular weight excluding hydrogens is 267 g/mol. The predicted octanol–water partition coefficient (Wildman–Crippen LogP) is 3.95. The van der Waals surface area contributed by atoms with Crippen LogP contribution in [0.3, 0.4) is 0 Å². The lowest BCUT2D eigenvalue weighted by Gasteiger charge is -2.11. The summed E-state index contributed by atoms with van der Waals surface area (Å²) in [7, 11) is 0. The van der Waals surface area contributed by atoms with Gasteiger partial charge in [0.2, 0.25) is 0 Å². The Morgan fingerprint density at radius 3 is 2.35 bits per heavy atom. The lowest BCUT2D eigenvalue weighted by Crippen LogP contribution is -2.10. The average molecular weight is 279 g/mol. The molecule has 0 spiro atoms. The van der Waals surface area contributed by atoms with E-state index in [1.165, 1.54) is 13.0 Å². The van der Waals surface area contributed by atoms with Crippen LogP contribution >= 0.6 is 0 Å². The van der Waals surface area contributed by atoms with Crippen LogP contribution in [-0.2, 0) is 6.18 Å². The summed E-state index contributed by atoms with van der Waals surface area (Å²) in [6.45, 7) is 3.18. The van der Waals surface area contributed by atoms with Crippen molar-refractivity contribution in [3.8, 4) is 0 Å². The molecule has 104 valence electrons. The fourth-order valence-corrected chi connectivity index (χ4v) is 1.96. The van der Waals surface area contributed by atoms with Crippen LogP contribution < -0.4 is 0 Å². The molecule has 0 N–H and O–H groups in total. The van der Waals surface area contributed by atoms with Crippen molar-refractivity contribution in [2.24, 2.45) is 0 Å². The van der Waals surface area contributed by atoms with Gasteiger partial charge in [0.05, 0.1) is 5.56 Å². The summed E-state index contributed by atoms with van der Waals surface area (Å²) in [6.07, 6.45) is -2.84. The molecule has 0 aliphatic heterocycles. The smallest absolute Gasteiger partial charge is 0.289 e. The molecule has 0 bridgehead atoms. The van der Waals surface area contributed by atoms with Crippen LogP contribution in [0.25, 0.3) is 0 Å². The van der Waals surface area contributed by atoms with E-state index in [1.54, 1.807) is 25.3 Å². The highest BCUT2D eigenvalue weighted by atomic mass is 19.4. The monoisotopic (exact) mass is 279 g/mol. The molecule has 0 amide bonds. The molecule has 0 radical (unpaired) electrons. The van der Waals surface area contributed by atoms with Gasteiger partial charge >= 0.3 is 6.18 Å². The van der Waals surface area contributed by atoms with Crippen LogP contribution in [0.5, 0.6) is 0 Å². The highest BCUT2D eigenvalue weighted by molar-refractivity contribution is 6.10. The van der Waals surface area contributed by atoms with Crippen molar-refractivity contribution >= 4 is 5.78 Å². The second-order valence-electron chi connectivity index (χ2n) is 4.49. The highest BCUT2D eigenvalue weighted by Crippen LogP contribution is 2.30. The minimum Gasteiger partial charge on any atom is -0.289 e. The Labute approximate surface area is 114 Å². The Balaban J connectivity index is 2.45. The summed E-state index contributed by atoms with van der Waals surface area (Å²) in [4.78, 5) is 16.3. The Hall–Kier alpha value is -2.17. The maximum atomic E-state index is 12.6. The summed E-state index contributed by atoms with van der Waals surface area (Å²) in [5.74, 6) is -0.318. The number of carbonyl (C=O) groups excluding carboxylic acids is 1. The van der Waals surface area contributed by atoms with Crippen LogP contribution in [0, 0.1) is 13.8 Å². The lowest BCUT2D eigenvalue weighted by molar-refractivity contribution is -0.137. The van der Waals surface area contributed by atoms with Crippen molar-refractivity contribution < 1.29 is 18.0 Å². The molecule has 2 nitrogen and oxygen atoms in total. The number of hydrogen-bond acceptors (Lipinski definition) is 2. The van der Waals surface area contributed by atoms with Gasteiger partial charge in [-0.3, -0.25) is 9.78 Å². The molecule has 1 heterocycles. The first-order valence-corrected chi connectivity index (χ1v) is 5.95. The van der Waals surface area contributed by atoms with Crippen LogP contribution in [0.1, 0.15) is 32.7 Å². The quantitative estimate of drug-likeness (QED) is 0.779. The molecule has 0 saturated carbocycles. The molecule has 1 aromatic carbocycles. The standard InChI is InChI=1S/C15H12F3NO/c1-9-8-11(15(16,17)18)5-6-12(9)14(20)13-4-3-7-19-10(13)2/h3-8H,1-2H3. The number of alkyl halides is 3. The number of nitrogens with zero attached hydrogens (tertiary/aromatic N) is 1. The van der Waals surface area contributed by atoms with E-state index in [0.29, 0.717) is 16.8 Å². The van der Waals surface area contributed by atoms with E-state index in [1.807, 2.05) is 0 Å². The van der Waals surface area contributed by atoms with Crippen molar-refractivity contribution in [3.05, 3.63) is 64.5 Å². The zero-order valence-electron chi connectivity index (χ0n) is 11.0. The molecule has 2 rings (SSSR count). The van der Waals surface area contributed by atoms with E-state index >= 15 is 0 Å². The van der Waals surface area contributed by atoms with Crippen molar-refractivity contribution in [2.45, 2.75) is 20.0 Å². The Morgan fingerprint density at radius 2 is 1.80 bits per heavy atom. The normalized spacial score (nSPS) is 11.4. The summed E-state index contributed by atoms with van der Waals surface area (Å²) in [5.41, 5.74) is 0.754.